The Morgan fingerprint density at radius 3 is 2.80 bits per heavy atom. The number of methoxy groups -OCH3 is 1. The maximum Gasteiger partial charge on any atom is 0.343 e. The Hall–Kier alpha value is -2.76. The number of hydrogen-bond acceptors (Lipinski definition) is 6. The van der Waals surface area contributed by atoms with Crippen molar-refractivity contribution in [2.45, 2.75) is 0 Å². The standard InChI is InChI=1S/C14H10O6/c1-17-13(16)7-19-14-8-2-3-12(15)20-11(8)6-10-9(14)4-5-18-10/h2-6H,7H2,1H3. The molecule has 0 radical (unpaired) electrons. The first-order chi connectivity index (χ1) is 9.69. The highest BCUT2D eigenvalue weighted by atomic mass is 16.6. The molecule has 0 saturated heterocycles. The Bertz CT molecular complexity index is 842. The molecular formula is C14H10O6. The monoisotopic (exact) mass is 274 g/mol. The van der Waals surface area contributed by atoms with E-state index in [4.69, 9.17) is 13.6 Å². The Morgan fingerprint density at radius 1 is 1.20 bits per heavy atom. The molecule has 3 aromatic rings. The number of carbonyl (C=O) groups excluding carboxylic acids is 1. The fourth-order valence-corrected chi connectivity index (χ4v) is 1.96. The topological polar surface area (TPSA) is 78.9 Å². The van der Waals surface area contributed by atoms with Gasteiger partial charge in [0, 0.05) is 12.1 Å². The predicted molar refractivity (Wildman–Crippen MR) is 69.8 cm³/mol. The number of fused-ring (bicyclic) bond motifs is 2. The van der Waals surface area contributed by atoms with Gasteiger partial charge in [0.2, 0.25) is 0 Å². The predicted octanol–water partition coefficient (Wildman–Crippen LogP) is 2.09. The number of ether oxygens (including phenoxy) is 2. The zero-order valence-corrected chi connectivity index (χ0v) is 10.5. The number of hydrogen-bond donors (Lipinski definition) is 0. The molecule has 0 aliphatic heterocycles. The van der Waals surface area contributed by atoms with Gasteiger partial charge < -0.3 is 18.3 Å². The van der Waals surface area contributed by atoms with Crippen LogP contribution in [0, 0.1) is 0 Å². The highest BCUT2D eigenvalue weighted by molar-refractivity contribution is 6.01. The van der Waals surface area contributed by atoms with Crippen molar-refractivity contribution in [3.63, 3.8) is 0 Å². The molecule has 0 amide bonds. The first-order valence-electron chi connectivity index (χ1n) is 5.83. The number of benzene rings is 1. The lowest BCUT2D eigenvalue weighted by molar-refractivity contribution is -0.142. The summed E-state index contributed by atoms with van der Waals surface area (Å²) in [4.78, 5) is 22.5. The van der Waals surface area contributed by atoms with Crippen molar-refractivity contribution in [1.29, 1.82) is 0 Å². The summed E-state index contributed by atoms with van der Waals surface area (Å²) in [6, 6.07) is 6.20. The molecule has 6 nitrogen and oxygen atoms in total. The molecule has 0 aliphatic carbocycles. The van der Waals surface area contributed by atoms with Crippen molar-refractivity contribution in [2.75, 3.05) is 13.7 Å². The maximum absolute atomic E-state index is 11.3. The molecular weight excluding hydrogens is 264 g/mol. The number of rotatable bonds is 3. The van der Waals surface area contributed by atoms with E-state index < -0.39 is 11.6 Å². The minimum atomic E-state index is -0.504. The highest BCUT2D eigenvalue weighted by Crippen LogP contribution is 2.34. The Labute approximate surface area is 112 Å². The van der Waals surface area contributed by atoms with Gasteiger partial charge in [-0.2, -0.15) is 0 Å². The molecule has 0 saturated carbocycles. The molecule has 0 fully saturated rings. The van der Waals surface area contributed by atoms with Gasteiger partial charge in [-0.25, -0.2) is 9.59 Å². The summed E-state index contributed by atoms with van der Waals surface area (Å²) in [5.41, 5.74) is 0.369. The van der Waals surface area contributed by atoms with Gasteiger partial charge in [0.15, 0.2) is 6.61 Å². The van der Waals surface area contributed by atoms with Gasteiger partial charge in [-0.3, -0.25) is 0 Å². The van der Waals surface area contributed by atoms with E-state index in [0.717, 1.165) is 0 Å². The third-order valence-electron chi connectivity index (χ3n) is 2.87. The molecule has 0 aliphatic rings. The molecule has 0 atom stereocenters. The van der Waals surface area contributed by atoms with Gasteiger partial charge >= 0.3 is 11.6 Å². The minimum absolute atomic E-state index is 0.241. The molecule has 6 heteroatoms. The van der Waals surface area contributed by atoms with Crippen LogP contribution in [-0.4, -0.2) is 19.7 Å². The number of furan rings is 1. The summed E-state index contributed by atoms with van der Waals surface area (Å²) in [5.74, 6) is -0.0866. The Morgan fingerprint density at radius 2 is 2.00 bits per heavy atom. The molecule has 102 valence electrons. The van der Waals surface area contributed by atoms with Gasteiger partial charge in [-0.15, -0.1) is 0 Å². The summed E-state index contributed by atoms with van der Waals surface area (Å²) in [7, 11) is 1.28. The van der Waals surface area contributed by atoms with Crippen LogP contribution in [0.2, 0.25) is 0 Å². The van der Waals surface area contributed by atoms with Gasteiger partial charge in [0.1, 0.15) is 16.9 Å². The van der Waals surface area contributed by atoms with Crippen LogP contribution in [0.5, 0.6) is 5.75 Å². The number of esters is 1. The molecule has 0 spiro atoms. The van der Waals surface area contributed by atoms with Crippen LogP contribution in [0.25, 0.3) is 21.9 Å². The fourth-order valence-electron chi connectivity index (χ4n) is 1.96. The minimum Gasteiger partial charge on any atom is -0.480 e. The zero-order chi connectivity index (χ0) is 14.1. The number of carbonyl (C=O) groups is 1. The maximum atomic E-state index is 11.3. The first-order valence-corrected chi connectivity index (χ1v) is 5.83. The van der Waals surface area contributed by atoms with Gasteiger partial charge in [-0.1, -0.05) is 0 Å². The Balaban J connectivity index is 2.20. The molecule has 2 heterocycles. The van der Waals surface area contributed by atoms with Gasteiger partial charge in [-0.05, 0) is 12.1 Å². The van der Waals surface area contributed by atoms with Crippen LogP contribution in [0.3, 0.4) is 0 Å². The largest absolute Gasteiger partial charge is 0.480 e. The quantitative estimate of drug-likeness (QED) is 0.537. The normalized spacial score (nSPS) is 10.8. The van der Waals surface area contributed by atoms with Crippen LogP contribution in [0.4, 0.5) is 0 Å². The zero-order valence-electron chi connectivity index (χ0n) is 10.5. The summed E-state index contributed by atoms with van der Waals surface area (Å²) in [6.45, 7) is -0.241. The van der Waals surface area contributed by atoms with E-state index in [0.29, 0.717) is 27.7 Å². The van der Waals surface area contributed by atoms with E-state index in [1.54, 1.807) is 18.2 Å². The average Bonchev–Trinajstić information content (AvgIpc) is 2.90. The molecule has 20 heavy (non-hydrogen) atoms. The Kier molecular flexibility index (Phi) is 2.90. The van der Waals surface area contributed by atoms with Crippen LogP contribution in [-0.2, 0) is 9.53 Å². The van der Waals surface area contributed by atoms with Crippen LogP contribution in [0.15, 0.2) is 44.2 Å². The lowest BCUT2D eigenvalue weighted by atomic mass is 10.1. The van der Waals surface area contributed by atoms with Crippen molar-refractivity contribution < 1.29 is 23.1 Å². The summed E-state index contributed by atoms with van der Waals surface area (Å²) in [6.07, 6.45) is 1.49. The van der Waals surface area contributed by atoms with E-state index in [1.807, 2.05) is 0 Å². The van der Waals surface area contributed by atoms with E-state index >= 15 is 0 Å². The van der Waals surface area contributed by atoms with Crippen molar-refractivity contribution >= 4 is 27.9 Å². The third-order valence-corrected chi connectivity index (χ3v) is 2.87. The molecule has 0 unspecified atom stereocenters. The highest BCUT2D eigenvalue weighted by Gasteiger charge is 2.14. The molecule has 3 rings (SSSR count). The lowest BCUT2D eigenvalue weighted by Crippen LogP contribution is -2.13. The summed E-state index contributed by atoms with van der Waals surface area (Å²) in [5, 5.41) is 1.28. The molecule has 2 aromatic heterocycles. The second-order valence-electron chi connectivity index (χ2n) is 4.07. The second kappa shape index (κ2) is 4.73. The summed E-state index contributed by atoms with van der Waals surface area (Å²) >= 11 is 0. The van der Waals surface area contributed by atoms with Gasteiger partial charge in [0.25, 0.3) is 0 Å². The molecule has 1 aromatic carbocycles. The van der Waals surface area contributed by atoms with Crippen LogP contribution >= 0.6 is 0 Å². The lowest BCUT2D eigenvalue weighted by Gasteiger charge is -2.08. The SMILES string of the molecule is COC(=O)COc1c2ccoc2cc2oc(=O)ccc12. The molecule has 0 N–H and O–H groups in total. The first kappa shape index (κ1) is 12.3. The molecule has 0 bridgehead atoms. The average molecular weight is 274 g/mol. The smallest absolute Gasteiger partial charge is 0.343 e. The van der Waals surface area contributed by atoms with Gasteiger partial charge in [0.05, 0.1) is 24.1 Å². The van der Waals surface area contributed by atoms with E-state index in [2.05, 4.69) is 4.74 Å². The van der Waals surface area contributed by atoms with Crippen LogP contribution < -0.4 is 10.4 Å². The third kappa shape index (κ3) is 2.01. The van der Waals surface area contributed by atoms with Crippen molar-refractivity contribution in [3.8, 4) is 5.75 Å². The van der Waals surface area contributed by atoms with E-state index in [1.165, 1.54) is 19.4 Å². The fraction of sp³-hybridized carbons (Fsp3) is 0.143. The van der Waals surface area contributed by atoms with Crippen molar-refractivity contribution in [2.24, 2.45) is 0 Å². The van der Waals surface area contributed by atoms with E-state index in [9.17, 15) is 9.59 Å². The van der Waals surface area contributed by atoms with E-state index in [-0.39, 0.29) is 6.61 Å². The second-order valence-corrected chi connectivity index (χ2v) is 4.07. The van der Waals surface area contributed by atoms with Crippen molar-refractivity contribution in [3.05, 3.63) is 40.9 Å². The van der Waals surface area contributed by atoms with Crippen LogP contribution in [0.1, 0.15) is 0 Å². The van der Waals surface area contributed by atoms with Crippen molar-refractivity contribution in [1.82, 2.24) is 0 Å². The summed E-state index contributed by atoms with van der Waals surface area (Å²) < 4.78 is 20.4.